The molecule has 1 aromatic carbocycles. The van der Waals surface area contributed by atoms with Crippen LogP contribution in [0.4, 0.5) is 0 Å². The molecule has 1 heterocycles. The first-order valence-corrected chi connectivity index (χ1v) is 9.32. The van der Waals surface area contributed by atoms with Crippen LogP contribution in [0.25, 0.3) is 0 Å². The molecule has 1 atom stereocenters. The van der Waals surface area contributed by atoms with Crippen LogP contribution in [-0.2, 0) is 15.0 Å². The molecule has 1 N–H and O–H groups in total. The Labute approximate surface area is 150 Å². The molecule has 5 heteroatoms. The summed E-state index contributed by atoms with van der Waals surface area (Å²) in [6.07, 6.45) is 4.00. The van der Waals surface area contributed by atoms with Crippen LogP contribution in [-0.4, -0.2) is 61.9 Å². The van der Waals surface area contributed by atoms with Crippen LogP contribution >= 0.6 is 0 Å². The van der Waals surface area contributed by atoms with Crippen LogP contribution in [0, 0.1) is 5.92 Å². The summed E-state index contributed by atoms with van der Waals surface area (Å²) in [5, 5.41) is 2.75. The van der Waals surface area contributed by atoms with Crippen LogP contribution in [0.5, 0.6) is 0 Å². The number of nitrogens with one attached hydrogen (secondary N) is 1. The summed E-state index contributed by atoms with van der Waals surface area (Å²) >= 11 is 0. The molecule has 0 spiro atoms. The Hall–Kier alpha value is -1.88. The molecule has 136 valence electrons. The maximum absolute atomic E-state index is 13.6. The Morgan fingerprint density at radius 1 is 1.08 bits per heavy atom. The van der Waals surface area contributed by atoms with Gasteiger partial charge in [0.05, 0.1) is 11.3 Å². The zero-order valence-electron chi connectivity index (χ0n) is 15.3. The number of benzene rings is 1. The minimum Gasteiger partial charge on any atom is -0.359 e. The van der Waals surface area contributed by atoms with E-state index in [0.717, 1.165) is 37.8 Å². The SMILES string of the molecule is CNC(=O)[C@H]1CN(C)CCN(C(=O)C2(c3ccccc3)CCCC2)C1. The largest absolute Gasteiger partial charge is 0.359 e. The van der Waals surface area contributed by atoms with E-state index < -0.39 is 5.41 Å². The molecule has 0 radical (unpaired) electrons. The van der Waals surface area contributed by atoms with Crippen LogP contribution < -0.4 is 5.32 Å². The minimum atomic E-state index is -0.405. The Balaban J connectivity index is 1.87. The summed E-state index contributed by atoms with van der Waals surface area (Å²) in [5.41, 5.74) is 0.726. The summed E-state index contributed by atoms with van der Waals surface area (Å²) in [5.74, 6) is 0.0582. The van der Waals surface area contributed by atoms with Gasteiger partial charge in [0, 0.05) is 33.2 Å². The maximum atomic E-state index is 13.6. The monoisotopic (exact) mass is 343 g/mol. The highest BCUT2D eigenvalue weighted by atomic mass is 16.2. The van der Waals surface area contributed by atoms with Crippen molar-refractivity contribution in [3.63, 3.8) is 0 Å². The molecule has 0 unspecified atom stereocenters. The molecule has 0 bridgehead atoms. The van der Waals surface area contributed by atoms with Crippen molar-refractivity contribution >= 4 is 11.8 Å². The number of nitrogens with zero attached hydrogens (tertiary/aromatic N) is 2. The summed E-state index contributed by atoms with van der Waals surface area (Å²) in [6.45, 7) is 2.71. The van der Waals surface area contributed by atoms with E-state index in [1.807, 2.05) is 30.1 Å². The van der Waals surface area contributed by atoms with Gasteiger partial charge >= 0.3 is 0 Å². The third-order valence-electron chi connectivity index (χ3n) is 5.82. The fourth-order valence-electron chi connectivity index (χ4n) is 4.39. The molecule has 2 amide bonds. The molecule has 1 saturated carbocycles. The van der Waals surface area contributed by atoms with Gasteiger partial charge in [0.2, 0.25) is 11.8 Å². The van der Waals surface area contributed by atoms with Crippen molar-refractivity contribution in [2.24, 2.45) is 5.92 Å². The van der Waals surface area contributed by atoms with Crippen LogP contribution in [0.3, 0.4) is 0 Å². The molecule has 5 nitrogen and oxygen atoms in total. The van der Waals surface area contributed by atoms with Crippen LogP contribution in [0.2, 0.25) is 0 Å². The summed E-state index contributed by atoms with van der Waals surface area (Å²) in [7, 11) is 3.69. The number of amides is 2. The molecule has 3 rings (SSSR count). The van der Waals surface area contributed by atoms with E-state index in [4.69, 9.17) is 0 Å². The van der Waals surface area contributed by atoms with Gasteiger partial charge in [-0.25, -0.2) is 0 Å². The highest BCUT2D eigenvalue weighted by Crippen LogP contribution is 2.42. The number of hydrogen-bond acceptors (Lipinski definition) is 3. The quantitative estimate of drug-likeness (QED) is 0.908. The lowest BCUT2D eigenvalue weighted by atomic mass is 9.77. The number of carbonyl (C=O) groups excluding carboxylic acids is 2. The predicted molar refractivity (Wildman–Crippen MR) is 98.2 cm³/mol. The van der Waals surface area contributed by atoms with Gasteiger partial charge in [-0.15, -0.1) is 0 Å². The van der Waals surface area contributed by atoms with Crippen molar-refractivity contribution in [1.29, 1.82) is 0 Å². The first-order valence-electron chi connectivity index (χ1n) is 9.32. The highest BCUT2D eigenvalue weighted by molar-refractivity contribution is 5.89. The Kier molecular flexibility index (Phi) is 5.42. The first kappa shape index (κ1) is 17.9. The van der Waals surface area contributed by atoms with Crippen molar-refractivity contribution in [3.8, 4) is 0 Å². The van der Waals surface area contributed by atoms with Gasteiger partial charge in [-0.2, -0.15) is 0 Å². The van der Waals surface area contributed by atoms with Gasteiger partial charge in [-0.05, 0) is 25.5 Å². The molecule has 1 aromatic rings. The van der Waals surface area contributed by atoms with Crippen molar-refractivity contribution in [2.75, 3.05) is 40.3 Å². The summed E-state index contributed by atoms with van der Waals surface area (Å²) in [4.78, 5) is 29.9. The topological polar surface area (TPSA) is 52.7 Å². The van der Waals surface area contributed by atoms with Gasteiger partial charge in [-0.1, -0.05) is 43.2 Å². The van der Waals surface area contributed by atoms with Crippen molar-refractivity contribution < 1.29 is 9.59 Å². The fourth-order valence-corrected chi connectivity index (χ4v) is 4.39. The van der Waals surface area contributed by atoms with E-state index in [0.29, 0.717) is 19.6 Å². The molecule has 1 aliphatic heterocycles. The average Bonchev–Trinajstić information content (AvgIpc) is 3.06. The van der Waals surface area contributed by atoms with E-state index in [1.165, 1.54) is 0 Å². The molecule has 25 heavy (non-hydrogen) atoms. The molecule has 0 aromatic heterocycles. The molecular weight excluding hydrogens is 314 g/mol. The van der Waals surface area contributed by atoms with E-state index in [9.17, 15) is 9.59 Å². The number of likely N-dealkylation sites (N-methyl/N-ethyl adjacent to an activating group) is 1. The number of hydrogen-bond donors (Lipinski definition) is 1. The Bertz CT molecular complexity index is 611. The minimum absolute atomic E-state index is 0.0201. The molecule has 2 aliphatic rings. The maximum Gasteiger partial charge on any atom is 0.233 e. The van der Waals surface area contributed by atoms with E-state index in [-0.39, 0.29) is 17.7 Å². The molecule has 1 aliphatic carbocycles. The molecule has 1 saturated heterocycles. The van der Waals surface area contributed by atoms with Crippen molar-refractivity contribution in [2.45, 2.75) is 31.1 Å². The average molecular weight is 343 g/mol. The standard InChI is InChI=1S/C20H29N3O2/c1-21-18(24)16-14-22(2)12-13-23(15-16)19(25)20(10-6-7-11-20)17-8-4-3-5-9-17/h3-5,8-9,16H,6-7,10-15H2,1-2H3,(H,21,24)/t16-/m0/s1. The highest BCUT2D eigenvalue weighted by Gasteiger charge is 2.45. The normalized spacial score (nSPS) is 23.9. The zero-order valence-corrected chi connectivity index (χ0v) is 15.3. The fraction of sp³-hybridized carbons (Fsp3) is 0.600. The lowest BCUT2D eigenvalue weighted by Gasteiger charge is -2.35. The Morgan fingerprint density at radius 2 is 1.76 bits per heavy atom. The smallest absolute Gasteiger partial charge is 0.233 e. The van der Waals surface area contributed by atoms with Crippen molar-refractivity contribution in [1.82, 2.24) is 15.1 Å². The van der Waals surface area contributed by atoms with Gasteiger partial charge in [-0.3, -0.25) is 9.59 Å². The zero-order chi connectivity index (χ0) is 17.9. The van der Waals surface area contributed by atoms with Gasteiger partial charge in [0.15, 0.2) is 0 Å². The summed E-state index contributed by atoms with van der Waals surface area (Å²) < 4.78 is 0. The second-order valence-corrected chi connectivity index (χ2v) is 7.48. The summed E-state index contributed by atoms with van der Waals surface area (Å²) in [6, 6.07) is 10.2. The lowest BCUT2D eigenvalue weighted by Crippen LogP contribution is -2.49. The second kappa shape index (κ2) is 7.56. The van der Waals surface area contributed by atoms with Crippen LogP contribution in [0.1, 0.15) is 31.2 Å². The molecule has 2 fully saturated rings. The third kappa shape index (κ3) is 3.56. The number of carbonyl (C=O) groups is 2. The molecular formula is C20H29N3O2. The van der Waals surface area contributed by atoms with Gasteiger partial charge in [0.1, 0.15) is 0 Å². The third-order valence-corrected chi connectivity index (χ3v) is 5.82. The number of rotatable bonds is 3. The lowest BCUT2D eigenvalue weighted by molar-refractivity contribution is -0.138. The predicted octanol–water partition coefficient (Wildman–Crippen LogP) is 1.63. The first-order chi connectivity index (χ1) is 12.1. The van der Waals surface area contributed by atoms with E-state index in [2.05, 4.69) is 22.3 Å². The van der Waals surface area contributed by atoms with E-state index in [1.54, 1.807) is 7.05 Å². The van der Waals surface area contributed by atoms with Gasteiger partial charge < -0.3 is 15.1 Å². The van der Waals surface area contributed by atoms with Crippen LogP contribution in [0.15, 0.2) is 30.3 Å². The van der Waals surface area contributed by atoms with E-state index >= 15 is 0 Å². The second-order valence-electron chi connectivity index (χ2n) is 7.48. The van der Waals surface area contributed by atoms with Crippen molar-refractivity contribution in [3.05, 3.63) is 35.9 Å². The Morgan fingerprint density at radius 3 is 2.40 bits per heavy atom. The van der Waals surface area contributed by atoms with Gasteiger partial charge in [0.25, 0.3) is 0 Å².